The number of thiol groups is 1. The molecule has 0 amide bonds. The first-order chi connectivity index (χ1) is 6.06. The lowest BCUT2D eigenvalue weighted by molar-refractivity contribution is 0.525. The van der Waals surface area contributed by atoms with Crippen LogP contribution in [0.25, 0.3) is 0 Å². The van der Waals surface area contributed by atoms with Gasteiger partial charge >= 0.3 is 0 Å². The maximum Gasteiger partial charge on any atom is 0.133 e. The molecule has 72 valence electrons. The van der Waals surface area contributed by atoms with Crippen LogP contribution in [0, 0.1) is 17.5 Å². The SMILES string of the molecule is CC(SS)c1c(F)cc(F)cc1F. The molecule has 0 spiro atoms. The zero-order valence-electron chi connectivity index (χ0n) is 6.72. The normalized spacial score (nSPS) is 13.0. The molecule has 0 N–H and O–H groups in total. The van der Waals surface area contributed by atoms with E-state index in [1.54, 1.807) is 6.92 Å². The highest BCUT2D eigenvalue weighted by Gasteiger charge is 2.16. The standard InChI is InChI=1S/C8H7F3S2/c1-4(13-12)8-6(10)2-5(9)3-7(8)11/h2-4,12H,1H3. The molecule has 1 aromatic rings. The van der Waals surface area contributed by atoms with Crippen LogP contribution in [0.3, 0.4) is 0 Å². The van der Waals surface area contributed by atoms with E-state index in [-0.39, 0.29) is 5.56 Å². The van der Waals surface area contributed by atoms with Crippen LogP contribution in [0.15, 0.2) is 12.1 Å². The fourth-order valence-corrected chi connectivity index (χ4v) is 1.64. The van der Waals surface area contributed by atoms with Gasteiger partial charge in [0, 0.05) is 22.9 Å². The van der Waals surface area contributed by atoms with Crippen molar-refractivity contribution in [3.63, 3.8) is 0 Å². The molecule has 0 saturated carbocycles. The number of hydrogen-bond acceptors (Lipinski definition) is 2. The number of halogens is 3. The molecule has 0 aliphatic heterocycles. The van der Waals surface area contributed by atoms with Crippen LogP contribution >= 0.6 is 22.5 Å². The summed E-state index contributed by atoms with van der Waals surface area (Å²) in [5.41, 5.74) is -0.138. The second kappa shape index (κ2) is 4.28. The topological polar surface area (TPSA) is 0 Å². The minimum absolute atomic E-state index is 0.138. The molecule has 0 aromatic heterocycles. The number of rotatable bonds is 2. The Morgan fingerprint density at radius 1 is 1.23 bits per heavy atom. The van der Waals surface area contributed by atoms with Crippen molar-refractivity contribution < 1.29 is 13.2 Å². The van der Waals surface area contributed by atoms with Crippen molar-refractivity contribution in [1.29, 1.82) is 0 Å². The maximum absolute atomic E-state index is 13.0. The Hall–Kier alpha value is -0.290. The molecule has 0 fully saturated rings. The van der Waals surface area contributed by atoms with E-state index in [4.69, 9.17) is 0 Å². The maximum atomic E-state index is 13.0. The van der Waals surface area contributed by atoms with Crippen molar-refractivity contribution in [2.24, 2.45) is 0 Å². The van der Waals surface area contributed by atoms with Crippen LogP contribution in [0.5, 0.6) is 0 Å². The minimum Gasteiger partial charge on any atom is -0.207 e. The van der Waals surface area contributed by atoms with Gasteiger partial charge in [-0.1, -0.05) is 10.8 Å². The van der Waals surface area contributed by atoms with Crippen molar-refractivity contribution in [1.82, 2.24) is 0 Å². The van der Waals surface area contributed by atoms with Crippen molar-refractivity contribution in [2.45, 2.75) is 12.2 Å². The van der Waals surface area contributed by atoms with Gasteiger partial charge in [-0.2, -0.15) is 0 Å². The van der Waals surface area contributed by atoms with Gasteiger partial charge in [-0.25, -0.2) is 13.2 Å². The Balaban J connectivity index is 3.20. The van der Waals surface area contributed by atoms with E-state index >= 15 is 0 Å². The van der Waals surface area contributed by atoms with Crippen LogP contribution < -0.4 is 0 Å². The van der Waals surface area contributed by atoms with Crippen LogP contribution in [-0.2, 0) is 0 Å². The Bertz CT molecular complexity index is 291. The van der Waals surface area contributed by atoms with E-state index in [2.05, 4.69) is 11.7 Å². The van der Waals surface area contributed by atoms with Crippen LogP contribution in [0.2, 0.25) is 0 Å². The van der Waals surface area contributed by atoms with Crippen molar-refractivity contribution in [3.8, 4) is 0 Å². The highest BCUT2D eigenvalue weighted by Crippen LogP contribution is 2.34. The molecule has 0 nitrogen and oxygen atoms in total. The molecule has 0 bridgehead atoms. The zero-order chi connectivity index (χ0) is 10.0. The van der Waals surface area contributed by atoms with Crippen molar-refractivity contribution >= 4 is 22.5 Å². The fraction of sp³-hybridized carbons (Fsp3) is 0.250. The smallest absolute Gasteiger partial charge is 0.133 e. The summed E-state index contributed by atoms with van der Waals surface area (Å²) in [6.07, 6.45) is 0. The molecule has 1 rings (SSSR count). The van der Waals surface area contributed by atoms with Gasteiger partial charge in [0.1, 0.15) is 17.5 Å². The van der Waals surface area contributed by atoms with Crippen LogP contribution in [0.1, 0.15) is 17.7 Å². The summed E-state index contributed by atoms with van der Waals surface area (Å²) in [6.45, 7) is 1.59. The summed E-state index contributed by atoms with van der Waals surface area (Å²) >= 11 is 3.84. The first-order valence-corrected chi connectivity index (χ1v) is 5.44. The van der Waals surface area contributed by atoms with E-state index < -0.39 is 22.7 Å². The Kier molecular flexibility index (Phi) is 3.55. The van der Waals surface area contributed by atoms with Gasteiger partial charge in [-0.3, -0.25) is 0 Å². The van der Waals surface area contributed by atoms with Crippen molar-refractivity contribution in [3.05, 3.63) is 35.1 Å². The molecule has 0 aliphatic rings. The second-order valence-electron chi connectivity index (χ2n) is 2.53. The predicted octanol–water partition coefficient (Wildman–Crippen LogP) is 3.74. The molecule has 0 aliphatic carbocycles. The van der Waals surface area contributed by atoms with Gasteiger partial charge in [0.2, 0.25) is 0 Å². The minimum atomic E-state index is -0.907. The molecule has 0 saturated heterocycles. The summed E-state index contributed by atoms with van der Waals surface area (Å²) < 4.78 is 38.5. The quantitative estimate of drug-likeness (QED) is 0.589. The summed E-state index contributed by atoms with van der Waals surface area (Å²) in [5.74, 6) is -2.65. The third kappa shape index (κ3) is 2.34. The van der Waals surface area contributed by atoms with E-state index in [1.807, 2.05) is 0 Å². The lowest BCUT2D eigenvalue weighted by atomic mass is 10.1. The predicted molar refractivity (Wildman–Crippen MR) is 51.3 cm³/mol. The van der Waals surface area contributed by atoms with Crippen LogP contribution in [-0.4, -0.2) is 0 Å². The van der Waals surface area contributed by atoms with Gasteiger partial charge in [0.15, 0.2) is 0 Å². The van der Waals surface area contributed by atoms with Crippen molar-refractivity contribution in [2.75, 3.05) is 0 Å². The lowest BCUT2D eigenvalue weighted by Gasteiger charge is -2.09. The highest BCUT2D eigenvalue weighted by atomic mass is 33.1. The molecule has 5 heteroatoms. The lowest BCUT2D eigenvalue weighted by Crippen LogP contribution is -1.98. The van der Waals surface area contributed by atoms with Gasteiger partial charge in [0.05, 0.1) is 0 Å². The summed E-state index contributed by atoms with van der Waals surface area (Å²) in [6, 6.07) is 1.33. The van der Waals surface area contributed by atoms with E-state index in [0.29, 0.717) is 12.1 Å². The van der Waals surface area contributed by atoms with E-state index in [1.165, 1.54) is 0 Å². The average Bonchev–Trinajstić information content (AvgIpc) is 2.02. The first kappa shape index (κ1) is 10.8. The first-order valence-electron chi connectivity index (χ1n) is 3.51. The van der Waals surface area contributed by atoms with Gasteiger partial charge in [0.25, 0.3) is 0 Å². The molecule has 1 unspecified atom stereocenters. The van der Waals surface area contributed by atoms with Gasteiger partial charge in [-0.15, -0.1) is 11.7 Å². The molecule has 13 heavy (non-hydrogen) atoms. The molecule has 0 heterocycles. The Labute approximate surface area is 83.3 Å². The summed E-state index contributed by atoms with van der Waals surface area (Å²) in [7, 11) is 1.00. The molecule has 0 radical (unpaired) electrons. The third-order valence-corrected chi connectivity index (χ3v) is 3.11. The second-order valence-corrected chi connectivity index (χ2v) is 4.08. The number of hydrogen-bond donors (Lipinski definition) is 1. The Morgan fingerprint density at radius 2 is 1.69 bits per heavy atom. The van der Waals surface area contributed by atoms with Gasteiger partial charge < -0.3 is 0 Å². The highest BCUT2D eigenvalue weighted by molar-refractivity contribution is 8.68. The van der Waals surface area contributed by atoms with E-state index in [0.717, 1.165) is 10.8 Å². The fourth-order valence-electron chi connectivity index (χ4n) is 0.994. The third-order valence-electron chi connectivity index (χ3n) is 1.61. The Morgan fingerprint density at radius 3 is 2.08 bits per heavy atom. The molecule has 1 aromatic carbocycles. The summed E-state index contributed by atoms with van der Waals surface area (Å²) in [5, 5.41) is -0.441. The summed E-state index contributed by atoms with van der Waals surface area (Å²) in [4.78, 5) is 0. The monoisotopic (exact) mass is 224 g/mol. The van der Waals surface area contributed by atoms with Gasteiger partial charge in [-0.05, 0) is 6.92 Å². The van der Waals surface area contributed by atoms with E-state index in [9.17, 15) is 13.2 Å². The average molecular weight is 224 g/mol. The zero-order valence-corrected chi connectivity index (χ0v) is 8.43. The van der Waals surface area contributed by atoms with Crippen LogP contribution in [0.4, 0.5) is 13.2 Å². The molecule has 1 atom stereocenters. The largest absolute Gasteiger partial charge is 0.207 e. The molecular weight excluding hydrogens is 217 g/mol. The number of benzene rings is 1. The molecular formula is C8H7F3S2.